The molecule has 100 valence electrons. The maximum atomic E-state index is 13.7. The molecule has 4 heteroatoms. The van der Waals surface area contributed by atoms with Crippen molar-refractivity contribution in [1.82, 2.24) is 5.32 Å². The van der Waals surface area contributed by atoms with Crippen LogP contribution in [0.3, 0.4) is 0 Å². The molecule has 0 spiro atoms. The molecule has 1 aromatic carbocycles. The highest BCUT2D eigenvalue weighted by Crippen LogP contribution is 2.34. The molecular formula is C14H19F2NO. The molecule has 1 aliphatic rings. The average Bonchev–Trinajstić information content (AvgIpc) is 2.36. The summed E-state index contributed by atoms with van der Waals surface area (Å²) in [5.74, 6) is -1.47. The van der Waals surface area contributed by atoms with Crippen LogP contribution in [0, 0.1) is 17.0 Å². The Morgan fingerprint density at radius 2 is 2.00 bits per heavy atom. The zero-order valence-electron chi connectivity index (χ0n) is 10.6. The van der Waals surface area contributed by atoms with Gasteiger partial charge in [-0.2, -0.15) is 0 Å². The van der Waals surface area contributed by atoms with Gasteiger partial charge in [0, 0.05) is 19.8 Å². The van der Waals surface area contributed by atoms with Gasteiger partial charge < -0.3 is 10.1 Å². The maximum absolute atomic E-state index is 13.7. The molecule has 1 fully saturated rings. The van der Waals surface area contributed by atoms with E-state index < -0.39 is 11.6 Å². The quantitative estimate of drug-likeness (QED) is 0.892. The van der Waals surface area contributed by atoms with Crippen LogP contribution in [0.15, 0.2) is 18.2 Å². The van der Waals surface area contributed by atoms with E-state index in [1.165, 1.54) is 0 Å². The second-order valence-electron chi connectivity index (χ2n) is 5.03. The number of hydrogen-bond acceptors (Lipinski definition) is 2. The fourth-order valence-corrected chi connectivity index (χ4v) is 2.68. The van der Waals surface area contributed by atoms with E-state index in [1.54, 1.807) is 12.1 Å². The van der Waals surface area contributed by atoms with Crippen LogP contribution in [0.4, 0.5) is 8.78 Å². The molecule has 1 aromatic rings. The Bertz CT molecular complexity index is 397. The largest absolute Gasteiger partial charge is 0.381 e. The topological polar surface area (TPSA) is 21.3 Å². The van der Waals surface area contributed by atoms with Crippen LogP contribution in [-0.4, -0.2) is 26.8 Å². The fraction of sp³-hybridized carbons (Fsp3) is 0.571. The Balaban J connectivity index is 2.20. The summed E-state index contributed by atoms with van der Waals surface area (Å²) in [4.78, 5) is 0. The van der Waals surface area contributed by atoms with Crippen molar-refractivity contribution in [1.29, 1.82) is 0 Å². The minimum atomic E-state index is -0.765. The van der Waals surface area contributed by atoms with Crippen molar-refractivity contribution < 1.29 is 13.5 Å². The van der Waals surface area contributed by atoms with Gasteiger partial charge in [-0.15, -0.1) is 0 Å². The molecule has 1 heterocycles. The predicted molar refractivity (Wildman–Crippen MR) is 66.5 cm³/mol. The monoisotopic (exact) mass is 255 g/mol. The summed E-state index contributed by atoms with van der Waals surface area (Å²) in [5.41, 5.74) is 0.439. The van der Waals surface area contributed by atoms with E-state index in [0.29, 0.717) is 25.2 Å². The molecule has 0 bridgehead atoms. The molecular weight excluding hydrogens is 236 g/mol. The lowest BCUT2D eigenvalue weighted by Crippen LogP contribution is -2.40. The number of halogens is 2. The van der Waals surface area contributed by atoms with Crippen LogP contribution >= 0.6 is 0 Å². The Hall–Kier alpha value is -1.00. The molecule has 2 nitrogen and oxygen atoms in total. The highest BCUT2D eigenvalue weighted by molar-refractivity contribution is 5.21. The van der Waals surface area contributed by atoms with Crippen LogP contribution in [0.2, 0.25) is 0 Å². The van der Waals surface area contributed by atoms with E-state index >= 15 is 0 Å². The molecule has 0 aromatic heterocycles. The Morgan fingerprint density at radius 1 is 1.28 bits per heavy atom. The molecule has 1 saturated heterocycles. The molecule has 0 saturated carbocycles. The standard InChI is InChI=1S/C14H19F2NO/c1-17-10-14(5-7-18-8-6-14)9-11-3-2-4-12(15)13(11)16/h2-4,17H,5-10H2,1H3. The molecule has 0 amide bonds. The van der Waals surface area contributed by atoms with Crippen LogP contribution in [-0.2, 0) is 11.2 Å². The summed E-state index contributed by atoms with van der Waals surface area (Å²) in [7, 11) is 1.89. The van der Waals surface area contributed by atoms with Crippen molar-refractivity contribution in [3.8, 4) is 0 Å². The first-order chi connectivity index (χ1) is 8.67. The molecule has 18 heavy (non-hydrogen) atoms. The SMILES string of the molecule is CNCC1(Cc2cccc(F)c2F)CCOCC1. The predicted octanol–water partition coefficient (Wildman–Crippen LogP) is 2.52. The third-order valence-corrected chi connectivity index (χ3v) is 3.70. The molecule has 0 unspecified atom stereocenters. The third kappa shape index (κ3) is 2.87. The van der Waals surface area contributed by atoms with Gasteiger partial charge in [-0.25, -0.2) is 8.78 Å². The first kappa shape index (κ1) is 13.4. The lowest BCUT2D eigenvalue weighted by Gasteiger charge is -2.37. The Kier molecular flexibility index (Phi) is 4.30. The summed E-state index contributed by atoms with van der Waals surface area (Å²) >= 11 is 0. The summed E-state index contributed by atoms with van der Waals surface area (Å²) in [5, 5.41) is 3.16. The maximum Gasteiger partial charge on any atom is 0.162 e. The number of hydrogen-bond donors (Lipinski definition) is 1. The van der Waals surface area contributed by atoms with Crippen LogP contribution in [0.1, 0.15) is 18.4 Å². The van der Waals surface area contributed by atoms with Gasteiger partial charge >= 0.3 is 0 Å². The second-order valence-corrected chi connectivity index (χ2v) is 5.03. The van der Waals surface area contributed by atoms with E-state index in [1.807, 2.05) is 7.05 Å². The number of nitrogens with one attached hydrogen (secondary N) is 1. The van der Waals surface area contributed by atoms with E-state index in [-0.39, 0.29) is 5.41 Å². The zero-order valence-corrected chi connectivity index (χ0v) is 10.6. The number of rotatable bonds is 4. The Labute approximate surface area is 106 Å². The van der Waals surface area contributed by atoms with Gasteiger partial charge in [0.15, 0.2) is 11.6 Å². The average molecular weight is 255 g/mol. The van der Waals surface area contributed by atoms with Gasteiger partial charge in [-0.1, -0.05) is 12.1 Å². The first-order valence-electron chi connectivity index (χ1n) is 6.32. The summed E-state index contributed by atoms with van der Waals surface area (Å²) in [6, 6.07) is 4.40. The summed E-state index contributed by atoms with van der Waals surface area (Å²) in [6.45, 7) is 2.18. The third-order valence-electron chi connectivity index (χ3n) is 3.70. The van der Waals surface area contributed by atoms with Crippen molar-refractivity contribution in [2.75, 3.05) is 26.8 Å². The van der Waals surface area contributed by atoms with Crippen molar-refractivity contribution >= 4 is 0 Å². The van der Waals surface area contributed by atoms with Gasteiger partial charge in [0.25, 0.3) is 0 Å². The highest BCUT2D eigenvalue weighted by atomic mass is 19.2. The molecule has 0 atom stereocenters. The normalized spacial score (nSPS) is 18.8. The molecule has 2 rings (SSSR count). The van der Waals surface area contributed by atoms with Crippen molar-refractivity contribution in [3.05, 3.63) is 35.4 Å². The molecule has 1 N–H and O–H groups in total. The van der Waals surface area contributed by atoms with Crippen molar-refractivity contribution in [2.45, 2.75) is 19.3 Å². The van der Waals surface area contributed by atoms with Crippen LogP contribution in [0.25, 0.3) is 0 Å². The Morgan fingerprint density at radius 3 is 2.67 bits per heavy atom. The summed E-state index contributed by atoms with van der Waals surface area (Å²) in [6.07, 6.45) is 2.31. The van der Waals surface area contributed by atoms with Gasteiger partial charge in [0.2, 0.25) is 0 Å². The van der Waals surface area contributed by atoms with Gasteiger partial charge in [0.1, 0.15) is 0 Å². The van der Waals surface area contributed by atoms with E-state index in [0.717, 1.165) is 25.5 Å². The zero-order chi connectivity index (χ0) is 13.0. The number of ether oxygens (including phenoxy) is 1. The smallest absolute Gasteiger partial charge is 0.162 e. The summed E-state index contributed by atoms with van der Waals surface area (Å²) < 4.78 is 32.3. The minimum Gasteiger partial charge on any atom is -0.381 e. The van der Waals surface area contributed by atoms with Gasteiger partial charge in [-0.05, 0) is 43.4 Å². The first-order valence-corrected chi connectivity index (χ1v) is 6.32. The number of benzene rings is 1. The van der Waals surface area contributed by atoms with Gasteiger partial charge in [0.05, 0.1) is 0 Å². The van der Waals surface area contributed by atoms with E-state index in [9.17, 15) is 8.78 Å². The molecule has 1 aliphatic heterocycles. The minimum absolute atomic E-state index is 0.0262. The van der Waals surface area contributed by atoms with E-state index in [4.69, 9.17) is 4.74 Å². The van der Waals surface area contributed by atoms with Crippen LogP contribution in [0.5, 0.6) is 0 Å². The molecule has 0 aliphatic carbocycles. The lowest BCUT2D eigenvalue weighted by molar-refractivity contribution is 0.0154. The second kappa shape index (κ2) is 5.76. The fourth-order valence-electron chi connectivity index (χ4n) is 2.68. The van der Waals surface area contributed by atoms with Gasteiger partial charge in [-0.3, -0.25) is 0 Å². The van der Waals surface area contributed by atoms with Crippen molar-refractivity contribution in [3.63, 3.8) is 0 Å². The highest BCUT2D eigenvalue weighted by Gasteiger charge is 2.33. The van der Waals surface area contributed by atoms with E-state index in [2.05, 4.69) is 5.32 Å². The van der Waals surface area contributed by atoms with Crippen molar-refractivity contribution in [2.24, 2.45) is 5.41 Å². The van der Waals surface area contributed by atoms with Crippen LogP contribution < -0.4 is 5.32 Å². The lowest BCUT2D eigenvalue weighted by atomic mass is 9.75. The molecule has 0 radical (unpaired) electrons.